The number of nitriles is 1. The highest BCUT2D eigenvalue weighted by Gasteiger charge is 2.38. The van der Waals surface area contributed by atoms with E-state index in [-0.39, 0.29) is 12.2 Å². The summed E-state index contributed by atoms with van der Waals surface area (Å²) in [6.45, 7) is 1.80. The molecule has 1 aromatic carbocycles. The van der Waals surface area contributed by atoms with Crippen LogP contribution in [0.3, 0.4) is 0 Å². The third kappa shape index (κ3) is 9.31. The molecule has 0 unspecified atom stereocenters. The van der Waals surface area contributed by atoms with Gasteiger partial charge >= 0.3 is 24.3 Å². The van der Waals surface area contributed by atoms with Crippen LogP contribution in [0.15, 0.2) is 48.8 Å². The van der Waals surface area contributed by atoms with Crippen molar-refractivity contribution in [2.75, 3.05) is 0 Å². The Balaban J connectivity index is 0.000000317. The zero-order valence-corrected chi connectivity index (χ0v) is 19.3. The smallest absolute Gasteiger partial charge is 0.475 e. The number of carbonyl (C=O) groups is 2. The first kappa shape index (κ1) is 30.6. The third-order valence-electron chi connectivity index (χ3n) is 4.65. The Morgan fingerprint density at radius 3 is 2.00 bits per heavy atom. The number of hydrogen-bond donors (Lipinski definition) is 3. The summed E-state index contributed by atoms with van der Waals surface area (Å²) in [4.78, 5) is 22.3. The van der Waals surface area contributed by atoms with Crippen LogP contribution in [0.25, 0.3) is 5.82 Å². The fourth-order valence-corrected chi connectivity index (χ4v) is 2.84. The van der Waals surface area contributed by atoms with Crippen LogP contribution in [-0.4, -0.2) is 44.1 Å². The van der Waals surface area contributed by atoms with Gasteiger partial charge in [0.15, 0.2) is 0 Å². The van der Waals surface area contributed by atoms with E-state index in [2.05, 4.69) is 22.7 Å². The fraction of sp³-hybridized carbons (Fsp3) is 0.217. The molecule has 16 heteroatoms. The van der Waals surface area contributed by atoms with Crippen molar-refractivity contribution >= 4 is 11.9 Å². The molecule has 4 rings (SSSR count). The van der Waals surface area contributed by atoms with E-state index in [4.69, 9.17) is 29.8 Å². The summed E-state index contributed by atoms with van der Waals surface area (Å²) in [6, 6.07) is 11.7. The van der Waals surface area contributed by atoms with Crippen molar-refractivity contribution in [2.45, 2.75) is 32.0 Å². The molecule has 0 saturated heterocycles. The number of nitrogens with one attached hydrogen (secondary N) is 1. The molecule has 0 amide bonds. The van der Waals surface area contributed by atoms with E-state index in [0.29, 0.717) is 11.4 Å². The lowest BCUT2D eigenvalue weighted by molar-refractivity contribution is -0.193. The molecule has 0 saturated carbocycles. The van der Waals surface area contributed by atoms with Gasteiger partial charge in [0.25, 0.3) is 0 Å². The van der Waals surface area contributed by atoms with Gasteiger partial charge in [-0.3, -0.25) is 0 Å². The van der Waals surface area contributed by atoms with Crippen molar-refractivity contribution in [1.29, 1.82) is 5.26 Å². The lowest BCUT2D eigenvalue weighted by Crippen LogP contribution is -2.21. The van der Waals surface area contributed by atoms with E-state index < -0.39 is 30.1 Å². The molecule has 0 spiro atoms. The summed E-state index contributed by atoms with van der Waals surface area (Å²) in [5.74, 6) is -4.79. The van der Waals surface area contributed by atoms with Crippen LogP contribution in [-0.2, 0) is 29.3 Å². The zero-order chi connectivity index (χ0) is 29.4. The minimum absolute atomic E-state index is 0.0556. The van der Waals surface area contributed by atoms with Crippen molar-refractivity contribution in [3.8, 4) is 17.8 Å². The monoisotopic (exact) mass is 562 g/mol. The van der Waals surface area contributed by atoms with Crippen molar-refractivity contribution < 1.29 is 55.3 Å². The first-order valence-corrected chi connectivity index (χ1v) is 10.4. The molecular weight excluding hydrogens is 545 g/mol. The van der Waals surface area contributed by atoms with E-state index in [1.54, 1.807) is 18.2 Å². The number of nitrogens with zero attached hydrogens (tertiary/aromatic N) is 3. The van der Waals surface area contributed by atoms with E-state index in [1.165, 1.54) is 17.2 Å². The molecule has 39 heavy (non-hydrogen) atoms. The maximum absolute atomic E-state index is 13.9. The molecule has 0 aliphatic carbocycles. The van der Waals surface area contributed by atoms with Gasteiger partial charge in [-0.1, -0.05) is 12.1 Å². The number of rotatable bonds is 4. The van der Waals surface area contributed by atoms with Crippen LogP contribution in [0, 0.1) is 17.1 Å². The Hall–Kier alpha value is -4.65. The molecule has 2 aromatic heterocycles. The van der Waals surface area contributed by atoms with Gasteiger partial charge in [-0.15, -0.1) is 0 Å². The van der Waals surface area contributed by atoms with Crippen molar-refractivity contribution in [3.63, 3.8) is 0 Å². The molecule has 1 aliphatic heterocycles. The molecule has 208 valence electrons. The van der Waals surface area contributed by atoms with E-state index in [1.807, 2.05) is 22.8 Å². The molecule has 3 N–H and O–H groups in total. The first-order chi connectivity index (χ1) is 18.1. The minimum atomic E-state index is -5.08. The number of aliphatic carboxylic acids is 2. The summed E-state index contributed by atoms with van der Waals surface area (Å²) in [5.41, 5.74) is 3.22. The quantitative estimate of drug-likeness (QED) is 0.400. The zero-order valence-electron chi connectivity index (χ0n) is 19.3. The molecule has 1 aliphatic rings. The molecule has 0 atom stereocenters. The fourth-order valence-electron chi connectivity index (χ4n) is 2.84. The lowest BCUT2D eigenvalue weighted by atomic mass is 10.1. The Morgan fingerprint density at radius 2 is 1.54 bits per heavy atom. The molecule has 0 radical (unpaired) electrons. The number of alkyl halides is 6. The standard InChI is InChI=1S/C19H15FN4O.2C2HF3O2/c20-17-6-13(7-21)4-5-14(17)12-25-19-3-1-2-18(23-19)24-10-15-8-22-9-16(15)11-24;2*3-2(4,5)1(6)7/h1-6,10-11,22H,8-9,12H2;2*(H,6,7). The Morgan fingerprint density at radius 1 is 1.00 bits per heavy atom. The van der Waals surface area contributed by atoms with Gasteiger partial charge < -0.3 is 24.8 Å². The van der Waals surface area contributed by atoms with Crippen LogP contribution in [0.5, 0.6) is 5.88 Å². The van der Waals surface area contributed by atoms with Gasteiger partial charge in [-0.05, 0) is 29.3 Å². The van der Waals surface area contributed by atoms with Crippen LogP contribution in [0.1, 0.15) is 22.3 Å². The Labute approximate surface area is 214 Å². The molecule has 9 nitrogen and oxygen atoms in total. The Kier molecular flexibility index (Phi) is 9.98. The number of hydrogen-bond acceptors (Lipinski definition) is 6. The average molecular weight is 562 g/mol. The SMILES string of the molecule is N#Cc1ccc(COc2cccc(-n3cc4c(c3)CNC4)n2)c(F)c1.O=C(O)C(F)(F)F.O=C(O)C(F)(F)F. The topological polar surface area (TPSA) is 137 Å². The van der Waals surface area contributed by atoms with Crippen LogP contribution >= 0.6 is 0 Å². The largest absolute Gasteiger partial charge is 0.490 e. The minimum Gasteiger partial charge on any atom is -0.475 e. The summed E-state index contributed by atoms with van der Waals surface area (Å²) in [6.07, 6.45) is -6.05. The highest BCUT2D eigenvalue weighted by atomic mass is 19.4. The predicted molar refractivity (Wildman–Crippen MR) is 117 cm³/mol. The number of aromatic nitrogens is 2. The number of pyridine rings is 1. The molecular formula is C23H17F7N4O5. The second-order valence-corrected chi connectivity index (χ2v) is 7.47. The molecule has 0 fully saturated rings. The van der Waals surface area contributed by atoms with Crippen LogP contribution < -0.4 is 10.1 Å². The third-order valence-corrected chi connectivity index (χ3v) is 4.65. The van der Waals surface area contributed by atoms with Crippen LogP contribution in [0.4, 0.5) is 30.7 Å². The second kappa shape index (κ2) is 12.7. The summed E-state index contributed by atoms with van der Waals surface area (Å²) < 4.78 is 85.0. The van der Waals surface area contributed by atoms with E-state index >= 15 is 0 Å². The summed E-state index contributed by atoms with van der Waals surface area (Å²) >= 11 is 0. The van der Waals surface area contributed by atoms with E-state index in [9.17, 15) is 30.7 Å². The summed E-state index contributed by atoms with van der Waals surface area (Å²) in [7, 11) is 0. The number of ether oxygens (including phenoxy) is 1. The molecule has 0 bridgehead atoms. The summed E-state index contributed by atoms with van der Waals surface area (Å²) in [5, 5.41) is 26.3. The molecule has 3 heterocycles. The maximum atomic E-state index is 13.9. The van der Waals surface area contributed by atoms with Gasteiger partial charge in [0, 0.05) is 37.1 Å². The average Bonchev–Trinajstić information content (AvgIpc) is 3.46. The second-order valence-electron chi connectivity index (χ2n) is 7.47. The van der Waals surface area contributed by atoms with Crippen molar-refractivity contribution in [3.05, 3.63) is 76.9 Å². The van der Waals surface area contributed by atoms with Crippen LogP contribution in [0.2, 0.25) is 0 Å². The number of carboxylic acid groups (broad SMARTS) is 2. The number of benzene rings is 1. The van der Waals surface area contributed by atoms with Crippen molar-refractivity contribution in [1.82, 2.24) is 14.9 Å². The predicted octanol–water partition coefficient (Wildman–Crippen LogP) is 4.33. The number of fused-ring (bicyclic) bond motifs is 1. The van der Waals surface area contributed by atoms with Crippen molar-refractivity contribution in [2.24, 2.45) is 0 Å². The van der Waals surface area contributed by atoms with Gasteiger partial charge in [0.2, 0.25) is 5.88 Å². The van der Waals surface area contributed by atoms with E-state index in [0.717, 1.165) is 18.9 Å². The number of carboxylic acids is 2. The first-order valence-electron chi connectivity index (χ1n) is 10.4. The molecule has 3 aromatic rings. The Bertz CT molecular complexity index is 1320. The highest BCUT2D eigenvalue weighted by molar-refractivity contribution is 5.73. The van der Waals surface area contributed by atoms with Gasteiger partial charge in [-0.2, -0.15) is 36.6 Å². The lowest BCUT2D eigenvalue weighted by Gasteiger charge is -2.09. The maximum Gasteiger partial charge on any atom is 0.490 e. The van der Waals surface area contributed by atoms with Gasteiger partial charge in [0.1, 0.15) is 18.2 Å². The van der Waals surface area contributed by atoms with Gasteiger partial charge in [-0.25, -0.2) is 14.0 Å². The number of halogens is 7. The highest BCUT2D eigenvalue weighted by Crippen LogP contribution is 2.21. The van der Waals surface area contributed by atoms with Gasteiger partial charge in [0.05, 0.1) is 11.6 Å². The normalized spacial score (nSPS) is 12.2.